The molecule has 0 aromatic rings. The normalized spacial score (nSPS) is 12.5. The van der Waals surface area contributed by atoms with Crippen LogP contribution in [0.25, 0.3) is 0 Å². The Bertz CT molecular complexity index is 852. The molecular formula is C54H107NO5. The molecule has 3 N–H and O–H groups in total. The molecule has 6 heteroatoms. The fourth-order valence-electron chi connectivity index (χ4n) is 8.70. The van der Waals surface area contributed by atoms with Crippen molar-refractivity contribution in [3.8, 4) is 0 Å². The average Bonchev–Trinajstić information content (AvgIpc) is 3.25. The number of esters is 1. The first-order chi connectivity index (χ1) is 29.5. The third-order valence-corrected chi connectivity index (χ3v) is 12.9. The molecule has 0 saturated heterocycles. The summed E-state index contributed by atoms with van der Waals surface area (Å²) in [5.41, 5.74) is 0. The number of ether oxygens (including phenoxy) is 1. The molecule has 2 atom stereocenters. The first-order valence-corrected chi connectivity index (χ1v) is 27.3. The van der Waals surface area contributed by atoms with Crippen molar-refractivity contribution in [2.75, 3.05) is 13.2 Å². The van der Waals surface area contributed by atoms with Gasteiger partial charge < -0.3 is 20.3 Å². The standard InChI is InChI=1S/C54H107NO5/c1-3-5-7-9-11-13-15-17-18-19-20-21-22-23-25-26-30-34-38-42-46-52(57)51(50-56)55-53(58)47-43-39-35-31-28-29-33-37-41-45-49-60-54(59)48-44-40-36-32-27-24-16-14-12-10-8-6-4-2/h51-52,56-57H,3-50H2,1-2H3,(H,55,58). The first kappa shape index (κ1) is 58.9. The van der Waals surface area contributed by atoms with Gasteiger partial charge in [-0.2, -0.15) is 0 Å². The summed E-state index contributed by atoms with van der Waals surface area (Å²) < 4.78 is 5.45. The smallest absolute Gasteiger partial charge is 0.305 e. The van der Waals surface area contributed by atoms with Crippen LogP contribution >= 0.6 is 0 Å². The molecule has 1 amide bonds. The van der Waals surface area contributed by atoms with Crippen LogP contribution in [0.2, 0.25) is 0 Å². The molecule has 0 radical (unpaired) electrons. The summed E-state index contributed by atoms with van der Waals surface area (Å²) in [5, 5.41) is 23.3. The molecule has 0 aliphatic heterocycles. The van der Waals surface area contributed by atoms with Gasteiger partial charge in [0.05, 0.1) is 25.4 Å². The maximum atomic E-state index is 12.5. The van der Waals surface area contributed by atoms with E-state index in [1.165, 1.54) is 218 Å². The molecule has 0 bridgehead atoms. The van der Waals surface area contributed by atoms with Crippen LogP contribution in [0.3, 0.4) is 0 Å². The molecule has 2 unspecified atom stereocenters. The summed E-state index contributed by atoms with van der Waals surface area (Å²) in [6.45, 7) is 4.93. The van der Waals surface area contributed by atoms with E-state index < -0.39 is 12.1 Å². The van der Waals surface area contributed by atoms with Gasteiger partial charge in [0.15, 0.2) is 0 Å². The second kappa shape index (κ2) is 50.5. The van der Waals surface area contributed by atoms with Crippen LogP contribution in [0.4, 0.5) is 0 Å². The topological polar surface area (TPSA) is 95.9 Å². The number of nitrogens with one attached hydrogen (secondary N) is 1. The SMILES string of the molecule is CCCCCCCCCCCCCCCCCCCCCCC(O)C(CO)NC(=O)CCCCCCCCCCCCOC(=O)CCCCCCCCCCCCCCC. The van der Waals surface area contributed by atoms with Crippen molar-refractivity contribution in [3.05, 3.63) is 0 Å². The van der Waals surface area contributed by atoms with Crippen LogP contribution in [0, 0.1) is 0 Å². The fourth-order valence-corrected chi connectivity index (χ4v) is 8.70. The summed E-state index contributed by atoms with van der Waals surface area (Å²) in [4.78, 5) is 24.5. The van der Waals surface area contributed by atoms with Gasteiger partial charge in [-0.25, -0.2) is 0 Å². The third kappa shape index (κ3) is 46.4. The van der Waals surface area contributed by atoms with E-state index in [0.717, 1.165) is 57.8 Å². The minimum Gasteiger partial charge on any atom is -0.466 e. The van der Waals surface area contributed by atoms with Crippen molar-refractivity contribution in [2.24, 2.45) is 0 Å². The average molecular weight is 850 g/mol. The van der Waals surface area contributed by atoms with E-state index in [1.807, 2.05) is 0 Å². The van der Waals surface area contributed by atoms with E-state index in [4.69, 9.17) is 4.74 Å². The second-order valence-electron chi connectivity index (χ2n) is 18.9. The van der Waals surface area contributed by atoms with Gasteiger partial charge >= 0.3 is 5.97 Å². The van der Waals surface area contributed by atoms with E-state index in [0.29, 0.717) is 25.9 Å². The number of unbranched alkanes of at least 4 members (excludes halogenated alkanes) is 40. The van der Waals surface area contributed by atoms with Crippen molar-refractivity contribution in [1.82, 2.24) is 5.32 Å². The van der Waals surface area contributed by atoms with Crippen LogP contribution in [-0.4, -0.2) is 47.4 Å². The maximum Gasteiger partial charge on any atom is 0.305 e. The highest BCUT2D eigenvalue weighted by molar-refractivity contribution is 5.76. The Hall–Kier alpha value is -1.14. The summed E-state index contributed by atoms with van der Waals surface area (Å²) in [7, 11) is 0. The Morgan fingerprint density at radius 2 is 0.683 bits per heavy atom. The van der Waals surface area contributed by atoms with Gasteiger partial charge in [0.25, 0.3) is 0 Å². The predicted octanol–water partition coefficient (Wildman–Crippen LogP) is 16.4. The lowest BCUT2D eigenvalue weighted by molar-refractivity contribution is -0.143. The van der Waals surface area contributed by atoms with Gasteiger partial charge in [-0.3, -0.25) is 9.59 Å². The molecule has 0 aliphatic rings. The Labute approximate surface area is 375 Å². The van der Waals surface area contributed by atoms with Crippen LogP contribution in [0.15, 0.2) is 0 Å². The monoisotopic (exact) mass is 850 g/mol. The number of amides is 1. The Kier molecular flexibility index (Phi) is 49.5. The summed E-state index contributed by atoms with van der Waals surface area (Å²) in [5.74, 6) is -0.0699. The lowest BCUT2D eigenvalue weighted by atomic mass is 10.0. The van der Waals surface area contributed by atoms with Gasteiger partial charge in [-0.1, -0.05) is 271 Å². The molecule has 0 heterocycles. The van der Waals surface area contributed by atoms with Crippen LogP contribution in [0.5, 0.6) is 0 Å². The van der Waals surface area contributed by atoms with Gasteiger partial charge in [-0.15, -0.1) is 0 Å². The quantitative estimate of drug-likeness (QED) is 0.0418. The van der Waals surface area contributed by atoms with E-state index in [1.54, 1.807) is 0 Å². The van der Waals surface area contributed by atoms with Gasteiger partial charge in [-0.05, 0) is 25.7 Å². The van der Waals surface area contributed by atoms with Crippen molar-refractivity contribution in [2.45, 2.75) is 321 Å². The predicted molar refractivity (Wildman–Crippen MR) is 260 cm³/mol. The number of hydrogen-bond acceptors (Lipinski definition) is 5. The van der Waals surface area contributed by atoms with Crippen LogP contribution < -0.4 is 5.32 Å². The number of carbonyl (C=O) groups is 2. The van der Waals surface area contributed by atoms with E-state index >= 15 is 0 Å². The van der Waals surface area contributed by atoms with E-state index in [9.17, 15) is 19.8 Å². The molecule has 358 valence electrons. The zero-order valence-corrected chi connectivity index (χ0v) is 40.7. The number of rotatable bonds is 51. The van der Waals surface area contributed by atoms with Crippen LogP contribution in [-0.2, 0) is 14.3 Å². The Morgan fingerprint density at radius 3 is 1.02 bits per heavy atom. The number of aliphatic hydroxyl groups excluding tert-OH is 2. The number of carbonyl (C=O) groups excluding carboxylic acids is 2. The molecule has 0 aromatic carbocycles. The molecular weight excluding hydrogens is 743 g/mol. The fraction of sp³-hybridized carbons (Fsp3) is 0.963. The van der Waals surface area contributed by atoms with Crippen LogP contribution in [0.1, 0.15) is 309 Å². The second-order valence-corrected chi connectivity index (χ2v) is 18.9. The summed E-state index contributed by atoms with van der Waals surface area (Å²) >= 11 is 0. The number of hydrogen-bond donors (Lipinski definition) is 3. The largest absolute Gasteiger partial charge is 0.466 e. The minimum absolute atomic E-state index is 0.0160. The van der Waals surface area contributed by atoms with E-state index in [-0.39, 0.29) is 18.5 Å². The Balaban J connectivity index is 3.46. The highest BCUT2D eigenvalue weighted by atomic mass is 16.5. The van der Waals surface area contributed by atoms with Crippen molar-refractivity contribution in [1.29, 1.82) is 0 Å². The summed E-state index contributed by atoms with van der Waals surface area (Å²) in [6, 6.07) is -0.557. The zero-order chi connectivity index (χ0) is 43.7. The Morgan fingerprint density at radius 1 is 0.400 bits per heavy atom. The molecule has 0 saturated carbocycles. The molecule has 60 heavy (non-hydrogen) atoms. The highest BCUT2D eigenvalue weighted by Gasteiger charge is 2.20. The number of aliphatic hydroxyl groups is 2. The van der Waals surface area contributed by atoms with Gasteiger partial charge in [0.1, 0.15) is 0 Å². The molecule has 0 rings (SSSR count). The minimum atomic E-state index is -0.677. The molecule has 0 aromatic heterocycles. The van der Waals surface area contributed by atoms with Crippen molar-refractivity contribution in [3.63, 3.8) is 0 Å². The van der Waals surface area contributed by atoms with Gasteiger partial charge in [0, 0.05) is 12.8 Å². The zero-order valence-electron chi connectivity index (χ0n) is 40.7. The lowest BCUT2D eigenvalue weighted by Crippen LogP contribution is -2.45. The lowest BCUT2D eigenvalue weighted by Gasteiger charge is -2.22. The highest BCUT2D eigenvalue weighted by Crippen LogP contribution is 2.17. The molecule has 0 aliphatic carbocycles. The molecule has 0 fully saturated rings. The van der Waals surface area contributed by atoms with Gasteiger partial charge in [0.2, 0.25) is 5.91 Å². The van der Waals surface area contributed by atoms with E-state index in [2.05, 4.69) is 19.2 Å². The molecule has 0 spiro atoms. The molecule has 6 nitrogen and oxygen atoms in total. The summed E-state index contributed by atoms with van der Waals surface area (Å²) in [6.07, 6.45) is 56.5. The van der Waals surface area contributed by atoms with Crippen molar-refractivity contribution >= 4 is 11.9 Å². The van der Waals surface area contributed by atoms with Crippen molar-refractivity contribution < 1.29 is 24.5 Å². The third-order valence-electron chi connectivity index (χ3n) is 12.9. The first-order valence-electron chi connectivity index (χ1n) is 27.3. The maximum absolute atomic E-state index is 12.5.